The maximum Gasteiger partial charge on any atom is 0.407 e. The summed E-state index contributed by atoms with van der Waals surface area (Å²) in [6.45, 7) is 4.40. The van der Waals surface area contributed by atoms with Crippen LogP contribution in [-0.2, 0) is 14.3 Å². The number of likely N-dealkylation sites (tertiary alicyclic amines) is 1. The molecule has 180 valence electrons. The van der Waals surface area contributed by atoms with E-state index >= 15 is 0 Å². The number of carboxylic acid groups (broad SMARTS) is 1. The number of nitrogens with one attached hydrogen (secondary N) is 1. The van der Waals surface area contributed by atoms with Crippen molar-refractivity contribution in [2.24, 2.45) is 5.41 Å². The monoisotopic (exact) mass is 464 g/mol. The molecule has 34 heavy (non-hydrogen) atoms. The van der Waals surface area contributed by atoms with Crippen LogP contribution in [0.2, 0.25) is 0 Å². The van der Waals surface area contributed by atoms with Crippen molar-refractivity contribution in [2.45, 2.75) is 51.5 Å². The van der Waals surface area contributed by atoms with Gasteiger partial charge in [0.15, 0.2) is 0 Å². The number of hydrogen-bond donors (Lipinski definition) is 2. The number of carboxylic acids is 1. The van der Waals surface area contributed by atoms with Gasteiger partial charge in [0, 0.05) is 25.0 Å². The molecule has 2 amide bonds. The number of carbonyl (C=O) groups is 3. The summed E-state index contributed by atoms with van der Waals surface area (Å²) in [5.74, 6) is -1.07. The van der Waals surface area contributed by atoms with Crippen molar-refractivity contribution in [1.29, 1.82) is 0 Å². The summed E-state index contributed by atoms with van der Waals surface area (Å²) in [6, 6.07) is 16.0. The number of alkyl carbamates (subject to hydrolysis) is 1. The van der Waals surface area contributed by atoms with E-state index in [4.69, 9.17) is 4.74 Å². The van der Waals surface area contributed by atoms with Crippen LogP contribution in [-0.4, -0.2) is 53.7 Å². The molecule has 1 aliphatic carbocycles. The average Bonchev–Trinajstić information content (AvgIpc) is 3.15. The normalized spacial score (nSPS) is 17.6. The van der Waals surface area contributed by atoms with Crippen LogP contribution >= 0.6 is 0 Å². The van der Waals surface area contributed by atoms with E-state index in [9.17, 15) is 19.5 Å². The molecular formula is C27H32N2O5. The second-order valence-electron chi connectivity index (χ2n) is 9.81. The van der Waals surface area contributed by atoms with Gasteiger partial charge in [0.1, 0.15) is 6.61 Å². The molecule has 0 radical (unpaired) electrons. The highest BCUT2D eigenvalue weighted by Crippen LogP contribution is 2.44. The van der Waals surface area contributed by atoms with Crippen molar-refractivity contribution >= 4 is 18.0 Å². The minimum atomic E-state index is -0.903. The van der Waals surface area contributed by atoms with Gasteiger partial charge in [-0.15, -0.1) is 0 Å². The Morgan fingerprint density at radius 1 is 1.03 bits per heavy atom. The molecule has 1 fully saturated rings. The Kier molecular flexibility index (Phi) is 6.91. The summed E-state index contributed by atoms with van der Waals surface area (Å²) in [7, 11) is 0. The van der Waals surface area contributed by atoms with Crippen LogP contribution in [0.3, 0.4) is 0 Å². The van der Waals surface area contributed by atoms with Gasteiger partial charge in [-0.3, -0.25) is 9.59 Å². The molecule has 2 aliphatic rings. The van der Waals surface area contributed by atoms with E-state index in [0.717, 1.165) is 35.1 Å². The highest BCUT2D eigenvalue weighted by molar-refractivity contribution is 5.84. The molecule has 4 rings (SSSR count). The van der Waals surface area contributed by atoms with Crippen molar-refractivity contribution in [2.75, 3.05) is 19.7 Å². The quantitative estimate of drug-likeness (QED) is 0.633. The first kappa shape index (κ1) is 23.8. The molecule has 2 N–H and O–H groups in total. The third-order valence-electron chi connectivity index (χ3n) is 6.90. The van der Waals surface area contributed by atoms with E-state index in [1.54, 1.807) is 18.7 Å². The minimum absolute atomic E-state index is 0.0297. The van der Waals surface area contributed by atoms with Gasteiger partial charge in [0.25, 0.3) is 0 Å². The average molecular weight is 465 g/mol. The van der Waals surface area contributed by atoms with E-state index in [0.29, 0.717) is 13.0 Å². The van der Waals surface area contributed by atoms with Crippen LogP contribution in [0.5, 0.6) is 0 Å². The molecule has 0 unspecified atom stereocenters. The fourth-order valence-electron chi connectivity index (χ4n) is 5.09. The van der Waals surface area contributed by atoms with Crippen LogP contribution in [0.15, 0.2) is 48.5 Å². The van der Waals surface area contributed by atoms with Crippen LogP contribution < -0.4 is 5.32 Å². The first-order valence-electron chi connectivity index (χ1n) is 11.9. The molecule has 1 saturated heterocycles. The number of fused-ring (bicyclic) bond motifs is 3. The second-order valence-corrected chi connectivity index (χ2v) is 9.81. The Hall–Kier alpha value is -3.35. The number of carbonyl (C=O) groups excluding carboxylic acids is 2. The molecule has 2 aromatic carbocycles. The number of aliphatic carboxylic acids is 1. The molecule has 7 heteroatoms. The number of benzene rings is 2. The van der Waals surface area contributed by atoms with Crippen molar-refractivity contribution in [3.63, 3.8) is 0 Å². The Labute approximate surface area is 200 Å². The zero-order valence-electron chi connectivity index (χ0n) is 19.8. The molecule has 0 spiro atoms. The molecule has 0 bridgehead atoms. The fourth-order valence-corrected chi connectivity index (χ4v) is 5.09. The van der Waals surface area contributed by atoms with Gasteiger partial charge in [-0.05, 0) is 55.4 Å². The predicted octanol–water partition coefficient (Wildman–Crippen LogP) is 4.41. The summed E-state index contributed by atoms with van der Waals surface area (Å²) in [4.78, 5) is 38.7. The van der Waals surface area contributed by atoms with Gasteiger partial charge in [-0.1, -0.05) is 48.5 Å². The Bertz CT molecular complexity index is 1030. The van der Waals surface area contributed by atoms with Crippen LogP contribution in [0, 0.1) is 5.41 Å². The zero-order valence-corrected chi connectivity index (χ0v) is 19.8. The van der Waals surface area contributed by atoms with Crippen molar-refractivity contribution in [3.8, 4) is 11.1 Å². The largest absolute Gasteiger partial charge is 0.481 e. The first-order chi connectivity index (χ1) is 16.3. The van der Waals surface area contributed by atoms with E-state index in [-0.39, 0.29) is 37.4 Å². The number of piperidine rings is 1. The van der Waals surface area contributed by atoms with Gasteiger partial charge >= 0.3 is 12.1 Å². The maximum absolute atomic E-state index is 13.2. The Balaban J connectivity index is 1.35. The molecule has 0 saturated carbocycles. The molecule has 1 heterocycles. The molecule has 7 nitrogen and oxygen atoms in total. The number of rotatable bonds is 7. The van der Waals surface area contributed by atoms with Gasteiger partial charge in [0.2, 0.25) is 5.91 Å². The van der Waals surface area contributed by atoms with Gasteiger partial charge in [-0.25, -0.2) is 4.79 Å². The first-order valence-corrected chi connectivity index (χ1v) is 11.9. The lowest BCUT2D eigenvalue weighted by molar-refractivity contribution is -0.147. The SMILES string of the molecule is CC(C)(CNC(=O)OCC1c2ccccc2-c2ccccc21)C(=O)N1CCCC[C@@H]1CC(=O)O. The van der Waals surface area contributed by atoms with Crippen molar-refractivity contribution < 1.29 is 24.2 Å². The summed E-state index contributed by atoms with van der Waals surface area (Å²) in [5, 5.41) is 11.9. The van der Waals surface area contributed by atoms with Crippen LogP contribution in [0.1, 0.15) is 56.6 Å². The smallest absolute Gasteiger partial charge is 0.407 e. The fraction of sp³-hybridized carbons (Fsp3) is 0.444. The van der Waals surface area contributed by atoms with E-state index in [2.05, 4.69) is 29.6 Å². The molecule has 2 aromatic rings. The van der Waals surface area contributed by atoms with Gasteiger partial charge in [0.05, 0.1) is 11.8 Å². The minimum Gasteiger partial charge on any atom is -0.481 e. The summed E-state index contributed by atoms with van der Waals surface area (Å²) in [5.41, 5.74) is 3.73. The van der Waals surface area contributed by atoms with E-state index in [1.807, 2.05) is 24.3 Å². The number of amides is 2. The summed E-state index contributed by atoms with van der Waals surface area (Å²) in [6.07, 6.45) is 1.84. The standard InChI is InChI=1S/C27H32N2O5/c1-27(2,25(32)29-14-8-7-9-18(29)15-24(30)31)17-28-26(33)34-16-23-21-12-5-3-10-19(21)20-11-4-6-13-22(20)23/h3-6,10-13,18,23H,7-9,14-17H2,1-2H3,(H,28,33)(H,30,31)/t18-/m1/s1. The number of ether oxygens (including phenoxy) is 1. The topological polar surface area (TPSA) is 95.9 Å². The van der Waals surface area contributed by atoms with E-state index < -0.39 is 17.5 Å². The van der Waals surface area contributed by atoms with Gasteiger partial charge < -0.3 is 20.1 Å². The highest BCUT2D eigenvalue weighted by Gasteiger charge is 2.38. The third-order valence-corrected chi connectivity index (χ3v) is 6.90. The predicted molar refractivity (Wildman–Crippen MR) is 128 cm³/mol. The lowest BCUT2D eigenvalue weighted by atomic mass is 9.88. The lowest BCUT2D eigenvalue weighted by Gasteiger charge is -2.39. The number of nitrogens with zero attached hydrogens (tertiary/aromatic N) is 1. The molecule has 1 atom stereocenters. The van der Waals surface area contributed by atoms with Crippen LogP contribution in [0.25, 0.3) is 11.1 Å². The van der Waals surface area contributed by atoms with Crippen LogP contribution in [0.4, 0.5) is 4.79 Å². The maximum atomic E-state index is 13.2. The summed E-state index contributed by atoms with van der Waals surface area (Å²) < 4.78 is 5.58. The second kappa shape index (κ2) is 9.87. The van der Waals surface area contributed by atoms with Gasteiger partial charge in [-0.2, -0.15) is 0 Å². The van der Waals surface area contributed by atoms with Crippen molar-refractivity contribution in [3.05, 3.63) is 59.7 Å². The highest BCUT2D eigenvalue weighted by atomic mass is 16.5. The lowest BCUT2D eigenvalue weighted by Crippen LogP contribution is -2.52. The molecule has 1 aliphatic heterocycles. The Morgan fingerprint density at radius 3 is 2.26 bits per heavy atom. The van der Waals surface area contributed by atoms with E-state index in [1.165, 1.54) is 0 Å². The third kappa shape index (κ3) is 4.93. The summed E-state index contributed by atoms with van der Waals surface area (Å²) >= 11 is 0. The zero-order chi connectivity index (χ0) is 24.3. The molecular weight excluding hydrogens is 432 g/mol. The van der Waals surface area contributed by atoms with Crippen molar-refractivity contribution in [1.82, 2.24) is 10.2 Å². The Morgan fingerprint density at radius 2 is 1.65 bits per heavy atom. The molecule has 0 aromatic heterocycles. The number of hydrogen-bond acceptors (Lipinski definition) is 4.